The van der Waals surface area contributed by atoms with Gasteiger partial charge in [0.2, 0.25) is 0 Å². The molecular formula is C15H19ClFN3. The molecule has 5 heteroatoms. The Morgan fingerprint density at radius 2 is 2.10 bits per heavy atom. The van der Waals surface area contributed by atoms with Gasteiger partial charge in [0, 0.05) is 6.54 Å². The molecule has 0 spiro atoms. The third-order valence-electron chi connectivity index (χ3n) is 3.26. The van der Waals surface area contributed by atoms with Gasteiger partial charge in [-0.05, 0) is 38.0 Å². The van der Waals surface area contributed by atoms with Crippen LogP contribution in [0.3, 0.4) is 0 Å². The maximum Gasteiger partial charge on any atom is 0.146 e. The third-order valence-corrected chi connectivity index (χ3v) is 3.70. The van der Waals surface area contributed by atoms with Crippen molar-refractivity contribution in [1.29, 1.82) is 0 Å². The number of hydrogen-bond acceptors (Lipinski definition) is 2. The summed E-state index contributed by atoms with van der Waals surface area (Å²) in [4.78, 5) is 0. The van der Waals surface area contributed by atoms with Gasteiger partial charge in [-0.15, -0.1) is 0 Å². The van der Waals surface area contributed by atoms with E-state index in [0.29, 0.717) is 17.3 Å². The predicted octanol–water partition coefficient (Wildman–Crippen LogP) is 4.18. The van der Waals surface area contributed by atoms with Crippen LogP contribution in [0.1, 0.15) is 30.8 Å². The van der Waals surface area contributed by atoms with Crippen molar-refractivity contribution in [2.75, 3.05) is 5.32 Å². The second kappa shape index (κ2) is 6.27. The van der Waals surface area contributed by atoms with E-state index in [2.05, 4.69) is 10.4 Å². The highest BCUT2D eigenvalue weighted by Crippen LogP contribution is 2.23. The standard InChI is InChI=1S/C15H19ClFN3/c1-4-12-15(16)14(20(5-2)19-12)9-18-13-8-10(3)6-7-11(13)17/h6-8,18H,4-5,9H2,1-3H3. The highest BCUT2D eigenvalue weighted by atomic mass is 35.5. The Hall–Kier alpha value is -1.55. The molecule has 1 aromatic heterocycles. The monoisotopic (exact) mass is 295 g/mol. The van der Waals surface area contributed by atoms with E-state index in [-0.39, 0.29) is 5.82 Å². The van der Waals surface area contributed by atoms with Crippen molar-refractivity contribution in [3.63, 3.8) is 0 Å². The number of benzene rings is 1. The lowest BCUT2D eigenvalue weighted by atomic mass is 10.2. The maximum atomic E-state index is 13.7. The van der Waals surface area contributed by atoms with E-state index in [1.165, 1.54) is 6.07 Å². The lowest BCUT2D eigenvalue weighted by Crippen LogP contribution is -2.09. The molecule has 0 saturated heterocycles. The summed E-state index contributed by atoms with van der Waals surface area (Å²) in [6.45, 7) is 7.17. The molecule has 0 bridgehead atoms. The number of anilines is 1. The van der Waals surface area contributed by atoms with Crippen LogP contribution in [0.5, 0.6) is 0 Å². The molecule has 0 aliphatic heterocycles. The van der Waals surface area contributed by atoms with Gasteiger partial charge in [0.1, 0.15) is 5.82 Å². The molecule has 0 saturated carbocycles. The van der Waals surface area contributed by atoms with Gasteiger partial charge in [0.05, 0.1) is 28.6 Å². The van der Waals surface area contributed by atoms with Crippen LogP contribution in [-0.4, -0.2) is 9.78 Å². The van der Waals surface area contributed by atoms with Gasteiger partial charge in [0.15, 0.2) is 0 Å². The summed E-state index contributed by atoms with van der Waals surface area (Å²) in [6, 6.07) is 5.00. The molecule has 0 fully saturated rings. The fourth-order valence-electron chi connectivity index (χ4n) is 2.14. The molecule has 108 valence electrons. The molecule has 1 N–H and O–H groups in total. The van der Waals surface area contributed by atoms with E-state index in [1.54, 1.807) is 12.1 Å². The smallest absolute Gasteiger partial charge is 0.146 e. The number of aromatic nitrogens is 2. The number of aryl methyl sites for hydroxylation is 3. The highest BCUT2D eigenvalue weighted by molar-refractivity contribution is 6.31. The first-order valence-electron chi connectivity index (χ1n) is 6.80. The average Bonchev–Trinajstić information content (AvgIpc) is 2.75. The van der Waals surface area contributed by atoms with E-state index < -0.39 is 0 Å². The van der Waals surface area contributed by atoms with Crippen LogP contribution in [0.15, 0.2) is 18.2 Å². The summed E-state index contributed by atoms with van der Waals surface area (Å²) < 4.78 is 15.6. The van der Waals surface area contributed by atoms with E-state index in [4.69, 9.17) is 11.6 Å². The summed E-state index contributed by atoms with van der Waals surface area (Å²) in [5.74, 6) is -0.259. The molecule has 1 heterocycles. The van der Waals surface area contributed by atoms with Crippen LogP contribution in [0.4, 0.5) is 10.1 Å². The summed E-state index contributed by atoms with van der Waals surface area (Å²) in [6.07, 6.45) is 0.789. The topological polar surface area (TPSA) is 29.9 Å². The first-order chi connectivity index (χ1) is 9.56. The van der Waals surface area contributed by atoms with Crippen molar-refractivity contribution in [3.05, 3.63) is 46.0 Å². The minimum Gasteiger partial charge on any atom is -0.377 e. The number of rotatable bonds is 5. The van der Waals surface area contributed by atoms with Crippen molar-refractivity contribution < 1.29 is 4.39 Å². The van der Waals surface area contributed by atoms with E-state index in [9.17, 15) is 4.39 Å². The lowest BCUT2D eigenvalue weighted by molar-refractivity contribution is 0.614. The lowest BCUT2D eigenvalue weighted by Gasteiger charge is -2.10. The number of nitrogens with zero attached hydrogens (tertiary/aromatic N) is 2. The largest absolute Gasteiger partial charge is 0.377 e. The summed E-state index contributed by atoms with van der Waals surface area (Å²) in [5.41, 5.74) is 3.28. The third kappa shape index (κ3) is 2.96. The van der Waals surface area contributed by atoms with Crippen LogP contribution < -0.4 is 5.32 Å². The normalized spacial score (nSPS) is 10.8. The van der Waals surface area contributed by atoms with Gasteiger partial charge in [0.25, 0.3) is 0 Å². The fraction of sp³-hybridized carbons (Fsp3) is 0.400. The molecule has 1 aromatic carbocycles. The SMILES string of the molecule is CCc1nn(CC)c(CNc2cc(C)ccc2F)c1Cl. The molecule has 0 amide bonds. The Labute approximate surface area is 123 Å². The number of nitrogens with one attached hydrogen (secondary N) is 1. The molecule has 0 aliphatic carbocycles. The van der Waals surface area contributed by atoms with Crippen molar-refractivity contribution >= 4 is 17.3 Å². The summed E-state index contributed by atoms with van der Waals surface area (Å²) >= 11 is 6.33. The zero-order valence-electron chi connectivity index (χ0n) is 12.0. The van der Waals surface area contributed by atoms with Crippen LogP contribution in [0.2, 0.25) is 5.02 Å². The minimum absolute atomic E-state index is 0.259. The van der Waals surface area contributed by atoms with Crippen molar-refractivity contribution in [3.8, 4) is 0 Å². The first-order valence-corrected chi connectivity index (χ1v) is 7.18. The predicted molar refractivity (Wildman–Crippen MR) is 80.8 cm³/mol. The summed E-state index contributed by atoms with van der Waals surface area (Å²) in [5, 5.41) is 8.23. The zero-order valence-corrected chi connectivity index (χ0v) is 12.8. The van der Waals surface area contributed by atoms with Crippen LogP contribution >= 0.6 is 11.6 Å². The van der Waals surface area contributed by atoms with Gasteiger partial charge in [-0.2, -0.15) is 5.10 Å². The molecule has 0 aliphatic rings. The number of halogens is 2. The molecule has 0 atom stereocenters. The van der Waals surface area contributed by atoms with Crippen molar-refractivity contribution in [1.82, 2.24) is 9.78 Å². The Morgan fingerprint density at radius 3 is 2.75 bits per heavy atom. The second-order valence-electron chi connectivity index (χ2n) is 4.71. The summed E-state index contributed by atoms with van der Waals surface area (Å²) in [7, 11) is 0. The Kier molecular flexibility index (Phi) is 4.65. The first kappa shape index (κ1) is 14.9. The van der Waals surface area contributed by atoms with E-state index >= 15 is 0 Å². The molecule has 2 aromatic rings. The fourth-order valence-corrected chi connectivity index (χ4v) is 2.48. The maximum absolute atomic E-state index is 13.7. The molecule has 0 unspecified atom stereocenters. The zero-order chi connectivity index (χ0) is 14.7. The Bertz CT molecular complexity index is 607. The van der Waals surface area contributed by atoms with Crippen molar-refractivity contribution in [2.24, 2.45) is 0 Å². The quantitative estimate of drug-likeness (QED) is 0.897. The van der Waals surface area contributed by atoms with Gasteiger partial charge in [-0.25, -0.2) is 4.39 Å². The average molecular weight is 296 g/mol. The van der Waals surface area contributed by atoms with Crippen molar-refractivity contribution in [2.45, 2.75) is 40.3 Å². The Morgan fingerprint density at radius 1 is 1.35 bits per heavy atom. The van der Waals surface area contributed by atoms with Gasteiger partial charge >= 0.3 is 0 Å². The Balaban J connectivity index is 2.22. The van der Waals surface area contributed by atoms with Crippen LogP contribution in [0.25, 0.3) is 0 Å². The van der Waals surface area contributed by atoms with Crippen LogP contribution in [-0.2, 0) is 19.5 Å². The molecule has 0 radical (unpaired) electrons. The second-order valence-corrected chi connectivity index (χ2v) is 5.09. The van der Waals surface area contributed by atoms with E-state index in [0.717, 1.165) is 29.9 Å². The van der Waals surface area contributed by atoms with E-state index in [1.807, 2.05) is 25.5 Å². The van der Waals surface area contributed by atoms with Gasteiger partial charge in [-0.1, -0.05) is 24.6 Å². The van der Waals surface area contributed by atoms with Gasteiger partial charge < -0.3 is 5.32 Å². The highest BCUT2D eigenvalue weighted by Gasteiger charge is 2.14. The molecule has 2 rings (SSSR count). The minimum atomic E-state index is -0.259. The molecule has 3 nitrogen and oxygen atoms in total. The van der Waals surface area contributed by atoms with Crippen LogP contribution in [0, 0.1) is 12.7 Å². The van der Waals surface area contributed by atoms with Gasteiger partial charge in [-0.3, -0.25) is 4.68 Å². The molecule has 20 heavy (non-hydrogen) atoms. The number of hydrogen-bond donors (Lipinski definition) is 1. The molecular weight excluding hydrogens is 277 g/mol.